The molecule has 2 aromatic rings. The lowest BCUT2D eigenvalue weighted by molar-refractivity contribution is -0.121. The average molecular weight is 288 g/mol. The van der Waals surface area contributed by atoms with Crippen LogP contribution in [-0.4, -0.2) is 43.3 Å². The number of amides is 1. The monoisotopic (exact) mass is 288 g/mol. The molecular formula is C16H20N2O3. The van der Waals surface area contributed by atoms with E-state index in [4.69, 9.17) is 4.42 Å². The molecule has 0 bridgehead atoms. The minimum absolute atomic E-state index is 0.0303. The Labute approximate surface area is 123 Å². The first-order valence-electron chi connectivity index (χ1n) is 7.08. The van der Waals surface area contributed by atoms with Gasteiger partial charge >= 0.3 is 0 Å². The van der Waals surface area contributed by atoms with Gasteiger partial charge in [-0.05, 0) is 19.0 Å². The largest absolute Gasteiger partial charge is 0.464 e. The van der Waals surface area contributed by atoms with Gasteiger partial charge in [-0.3, -0.25) is 14.5 Å². The number of Topliss-reactive ketones (excluding diaryl/α,β-unsaturated/α-hetero) is 1. The van der Waals surface area contributed by atoms with Crippen LogP contribution in [0.3, 0.4) is 0 Å². The Morgan fingerprint density at radius 1 is 1.24 bits per heavy atom. The lowest BCUT2D eigenvalue weighted by Crippen LogP contribution is -2.39. The number of nitrogens with one attached hydrogen (secondary N) is 1. The molecule has 5 nitrogen and oxygen atoms in total. The van der Waals surface area contributed by atoms with Gasteiger partial charge in [0.1, 0.15) is 11.8 Å². The molecule has 0 aliphatic carbocycles. The van der Waals surface area contributed by atoms with Crippen LogP contribution in [0.5, 0.6) is 0 Å². The fraction of sp³-hybridized carbons (Fsp3) is 0.375. The van der Waals surface area contributed by atoms with Crippen molar-refractivity contribution in [2.75, 3.05) is 26.7 Å². The van der Waals surface area contributed by atoms with Crippen LogP contribution in [0.4, 0.5) is 0 Å². The number of carbonyl (C=O) groups excluding carboxylic acids is 2. The summed E-state index contributed by atoms with van der Waals surface area (Å²) in [5, 5.41) is 3.40. The number of rotatable bonds is 7. The van der Waals surface area contributed by atoms with E-state index in [9.17, 15) is 9.59 Å². The molecule has 0 fully saturated rings. The van der Waals surface area contributed by atoms with Crippen molar-refractivity contribution in [1.29, 1.82) is 0 Å². The highest BCUT2D eigenvalue weighted by atomic mass is 16.3. The second kappa shape index (κ2) is 7.04. The molecule has 0 atom stereocenters. The first kappa shape index (κ1) is 15.3. The maximum atomic E-state index is 12.4. The van der Waals surface area contributed by atoms with Gasteiger partial charge in [0, 0.05) is 12.4 Å². The number of benzene rings is 1. The van der Waals surface area contributed by atoms with Gasteiger partial charge in [0.2, 0.25) is 5.91 Å². The zero-order valence-corrected chi connectivity index (χ0v) is 12.4. The summed E-state index contributed by atoms with van der Waals surface area (Å²) in [5.41, 5.74) is 1.28. The van der Waals surface area contributed by atoms with Crippen molar-refractivity contribution < 1.29 is 14.0 Å². The molecule has 0 unspecified atom stereocenters. The number of likely N-dealkylation sites (N-methyl/N-ethyl adjacent to an activating group) is 1. The predicted molar refractivity (Wildman–Crippen MR) is 81.3 cm³/mol. The fourth-order valence-electron chi connectivity index (χ4n) is 2.29. The van der Waals surface area contributed by atoms with Crippen molar-refractivity contribution in [3.63, 3.8) is 0 Å². The van der Waals surface area contributed by atoms with E-state index in [0.29, 0.717) is 17.7 Å². The maximum absolute atomic E-state index is 12.4. The Morgan fingerprint density at radius 3 is 2.71 bits per heavy atom. The first-order valence-corrected chi connectivity index (χ1v) is 7.08. The van der Waals surface area contributed by atoms with E-state index in [1.54, 1.807) is 7.05 Å². The molecule has 0 saturated carbocycles. The smallest absolute Gasteiger partial charge is 0.233 e. The lowest BCUT2D eigenvalue weighted by atomic mass is 10.1. The van der Waals surface area contributed by atoms with Crippen molar-refractivity contribution in [1.82, 2.24) is 10.2 Å². The average Bonchev–Trinajstić information content (AvgIpc) is 2.91. The number of fused-ring (bicyclic) bond motifs is 1. The van der Waals surface area contributed by atoms with Crippen molar-refractivity contribution in [3.8, 4) is 0 Å². The Bertz CT molecular complexity index is 633. The maximum Gasteiger partial charge on any atom is 0.233 e. The number of furan rings is 1. The van der Waals surface area contributed by atoms with E-state index in [-0.39, 0.29) is 24.8 Å². The highest BCUT2D eigenvalue weighted by Crippen LogP contribution is 2.21. The molecular weight excluding hydrogens is 268 g/mol. The predicted octanol–water partition coefficient (Wildman–Crippen LogP) is 2.07. The van der Waals surface area contributed by atoms with E-state index < -0.39 is 0 Å². The van der Waals surface area contributed by atoms with Gasteiger partial charge in [0.05, 0.1) is 18.7 Å². The number of carbonyl (C=O) groups is 2. The first-order chi connectivity index (χ1) is 10.2. The van der Waals surface area contributed by atoms with Crippen LogP contribution in [0.1, 0.15) is 23.7 Å². The quantitative estimate of drug-likeness (QED) is 0.792. The Morgan fingerprint density at radius 2 is 2.00 bits per heavy atom. The Kier molecular flexibility index (Phi) is 5.11. The van der Waals surface area contributed by atoms with Crippen LogP contribution >= 0.6 is 0 Å². The van der Waals surface area contributed by atoms with Crippen molar-refractivity contribution in [3.05, 3.63) is 36.1 Å². The van der Waals surface area contributed by atoms with Crippen LogP contribution < -0.4 is 5.32 Å². The molecule has 1 aromatic heterocycles. The highest BCUT2D eigenvalue weighted by Gasteiger charge is 2.18. The fourth-order valence-corrected chi connectivity index (χ4v) is 2.29. The van der Waals surface area contributed by atoms with Crippen LogP contribution in [0.25, 0.3) is 11.0 Å². The molecule has 0 radical (unpaired) electrons. The molecule has 21 heavy (non-hydrogen) atoms. The molecule has 1 amide bonds. The van der Waals surface area contributed by atoms with E-state index in [1.165, 1.54) is 6.26 Å². The van der Waals surface area contributed by atoms with E-state index in [0.717, 1.165) is 11.8 Å². The number of ketones is 1. The third-order valence-corrected chi connectivity index (χ3v) is 3.33. The van der Waals surface area contributed by atoms with Crippen LogP contribution in [0.15, 0.2) is 34.9 Å². The third kappa shape index (κ3) is 3.70. The minimum atomic E-state index is -0.0895. The van der Waals surface area contributed by atoms with Gasteiger partial charge in [-0.25, -0.2) is 0 Å². The molecule has 1 heterocycles. The summed E-state index contributed by atoms with van der Waals surface area (Å²) >= 11 is 0. The summed E-state index contributed by atoms with van der Waals surface area (Å²) in [6.07, 6.45) is 2.38. The summed E-state index contributed by atoms with van der Waals surface area (Å²) in [4.78, 5) is 25.8. The number of nitrogens with zero attached hydrogens (tertiary/aromatic N) is 1. The summed E-state index contributed by atoms with van der Waals surface area (Å²) in [6.45, 7) is 3.17. The molecule has 1 aromatic carbocycles. The Hall–Kier alpha value is -2.14. The molecule has 0 aliphatic heterocycles. The summed E-state index contributed by atoms with van der Waals surface area (Å²) in [5.74, 6) is -0.120. The molecule has 5 heteroatoms. The van der Waals surface area contributed by atoms with Crippen LogP contribution in [0, 0.1) is 0 Å². The molecule has 112 valence electrons. The molecule has 0 spiro atoms. The van der Waals surface area contributed by atoms with Crippen molar-refractivity contribution in [2.24, 2.45) is 0 Å². The van der Waals surface area contributed by atoms with Gasteiger partial charge in [0.25, 0.3) is 0 Å². The summed E-state index contributed by atoms with van der Waals surface area (Å²) < 4.78 is 5.40. The zero-order chi connectivity index (χ0) is 15.2. The molecule has 2 rings (SSSR count). The number of para-hydroxylation sites is 1. The highest BCUT2D eigenvalue weighted by molar-refractivity contribution is 6.08. The SMILES string of the molecule is CCCN(CC(=O)NC)CC(=O)c1coc2ccccc12. The summed E-state index contributed by atoms with van der Waals surface area (Å²) in [7, 11) is 1.60. The Balaban J connectivity index is 2.12. The molecule has 0 saturated heterocycles. The molecule has 1 N–H and O–H groups in total. The topological polar surface area (TPSA) is 62.6 Å². The van der Waals surface area contributed by atoms with Gasteiger partial charge < -0.3 is 9.73 Å². The molecule has 0 aliphatic rings. The van der Waals surface area contributed by atoms with Crippen molar-refractivity contribution in [2.45, 2.75) is 13.3 Å². The van der Waals surface area contributed by atoms with Gasteiger partial charge in [-0.1, -0.05) is 25.1 Å². The van der Waals surface area contributed by atoms with Crippen LogP contribution in [-0.2, 0) is 4.79 Å². The van der Waals surface area contributed by atoms with Gasteiger partial charge in [-0.15, -0.1) is 0 Å². The van der Waals surface area contributed by atoms with Crippen molar-refractivity contribution >= 4 is 22.7 Å². The van der Waals surface area contributed by atoms with E-state index in [2.05, 4.69) is 5.32 Å². The standard InChI is InChI=1S/C16H20N2O3/c1-3-8-18(10-16(20)17-2)9-14(19)13-11-21-15-7-5-4-6-12(13)15/h4-7,11H,3,8-10H2,1-2H3,(H,17,20). The van der Waals surface area contributed by atoms with E-state index in [1.807, 2.05) is 36.1 Å². The van der Waals surface area contributed by atoms with E-state index >= 15 is 0 Å². The lowest BCUT2D eigenvalue weighted by Gasteiger charge is -2.19. The summed E-state index contributed by atoms with van der Waals surface area (Å²) in [6, 6.07) is 7.45. The van der Waals surface area contributed by atoms with Gasteiger partial charge in [0.15, 0.2) is 5.78 Å². The second-order valence-electron chi connectivity index (χ2n) is 4.95. The third-order valence-electron chi connectivity index (χ3n) is 3.33. The number of hydrogen-bond acceptors (Lipinski definition) is 4. The number of hydrogen-bond donors (Lipinski definition) is 1. The van der Waals surface area contributed by atoms with Crippen LogP contribution in [0.2, 0.25) is 0 Å². The second-order valence-corrected chi connectivity index (χ2v) is 4.95. The zero-order valence-electron chi connectivity index (χ0n) is 12.4. The normalized spacial score (nSPS) is 11.0. The van der Waals surface area contributed by atoms with Gasteiger partial charge in [-0.2, -0.15) is 0 Å². The minimum Gasteiger partial charge on any atom is -0.464 e.